The minimum absolute atomic E-state index is 0.383. The third-order valence-electron chi connectivity index (χ3n) is 3.12. The predicted octanol–water partition coefficient (Wildman–Crippen LogP) is 2.91. The number of nitrogens with zero attached hydrogens (tertiary/aromatic N) is 2. The van der Waals surface area contributed by atoms with Crippen LogP contribution < -0.4 is 5.32 Å². The van der Waals surface area contributed by atoms with Crippen molar-refractivity contribution < 1.29 is 4.52 Å². The van der Waals surface area contributed by atoms with Crippen LogP contribution in [0.4, 0.5) is 0 Å². The minimum Gasteiger partial charge on any atom is -0.339 e. The molecule has 2 heterocycles. The maximum Gasteiger partial charge on any atom is 0.232 e. The Morgan fingerprint density at radius 1 is 1.37 bits per heavy atom. The van der Waals surface area contributed by atoms with Gasteiger partial charge in [-0.25, -0.2) is 0 Å². The zero-order valence-electron chi connectivity index (χ0n) is 11.7. The van der Waals surface area contributed by atoms with E-state index in [9.17, 15) is 0 Å². The maximum absolute atomic E-state index is 5.46. The first-order valence-corrected chi connectivity index (χ1v) is 9.37. The van der Waals surface area contributed by atoms with E-state index < -0.39 is 0 Å². The summed E-state index contributed by atoms with van der Waals surface area (Å²) >= 11 is 3.84. The monoisotopic (exact) mass is 301 g/mol. The summed E-state index contributed by atoms with van der Waals surface area (Å²) in [6.07, 6.45) is 2.36. The lowest BCUT2D eigenvalue weighted by Crippen LogP contribution is -2.34. The van der Waals surface area contributed by atoms with Crippen molar-refractivity contribution in [3.63, 3.8) is 0 Å². The third-order valence-corrected chi connectivity index (χ3v) is 5.47. The summed E-state index contributed by atoms with van der Waals surface area (Å²) in [5.41, 5.74) is 0. The lowest BCUT2D eigenvalue weighted by Gasteiger charge is -2.16. The molecular weight excluding hydrogens is 278 g/mol. The number of nitrogens with one attached hydrogen (secondary N) is 1. The number of hydrogen-bond acceptors (Lipinski definition) is 6. The minimum atomic E-state index is 0.383. The fourth-order valence-corrected chi connectivity index (χ4v) is 4.21. The van der Waals surface area contributed by atoms with Crippen LogP contribution in [-0.4, -0.2) is 40.0 Å². The molecule has 108 valence electrons. The fraction of sp³-hybridized carbons (Fsp3) is 0.846. The molecule has 2 rings (SSSR count). The number of aromatic nitrogens is 2. The van der Waals surface area contributed by atoms with Crippen LogP contribution in [0.2, 0.25) is 0 Å². The molecule has 1 aliphatic heterocycles. The molecule has 2 unspecified atom stereocenters. The molecule has 4 nitrogen and oxygen atoms in total. The van der Waals surface area contributed by atoms with Gasteiger partial charge in [-0.1, -0.05) is 19.0 Å². The Morgan fingerprint density at radius 3 is 3.05 bits per heavy atom. The average Bonchev–Trinajstić information content (AvgIpc) is 3.05. The van der Waals surface area contributed by atoms with E-state index in [2.05, 4.69) is 29.3 Å². The topological polar surface area (TPSA) is 51.0 Å². The molecule has 0 radical (unpaired) electrons. The highest BCUT2D eigenvalue weighted by atomic mass is 32.2. The second-order valence-electron chi connectivity index (χ2n) is 4.81. The smallest absolute Gasteiger partial charge is 0.232 e. The average molecular weight is 301 g/mol. The Hall–Kier alpha value is -0.200. The summed E-state index contributed by atoms with van der Waals surface area (Å²) in [4.78, 5) is 4.57. The van der Waals surface area contributed by atoms with Crippen molar-refractivity contribution in [1.29, 1.82) is 0 Å². The molecule has 6 heteroatoms. The van der Waals surface area contributed by atoms with Gasteiger partial charge in [0.15, 0.2) is 5.82 Å². The van der Waals surface area contributed by atoms with E-state index in [1.807, 2.05) is 23.5 Å². The lowest BCUT2D eigenvalue weighted by atomic mass is 10.0. The molecule has 19 heavy (non-hydrogen) atoms. The van der Waals surface area contributed by atoms with E-state index in [0.717, 1.165) is 47.7 Å². The van der Waals surface area contributed by atoms with E-state index >= 15 is 0 Å². The molecule has 0 bridgehead atoms. The van der Waals surface area contributed by atoms with Gasteiger partial charge in [0.2, 0.25) is 5.89 Å². The number of hydrogen-bond donors (Lipinski definition) is 1. The van der Waals surface area contributed by atoms with Crippen LogP contribution in [-0.2, 0) is 5.75 Å². The van der Waals surface area contributed by atoms with E-state index in [4.69, 9.17) is 4.52 Å². The SMILES string of the molecule is CCCNC1CSCC1c1nc(CSCCC)no1. The second kappa shape index (κ2) is 8.17. The molecule has 1 saturated heterocycles. The van der Waals surface area contributed by atoms with E-state index in [1.54, 1.807) is 0 Å². The van der Waals surface area contributed by atoms with Crippen LogP contribution in [0.25, 0.3) is 0 Å². The summed E-state index contributed by atoms with van der Waals surface area (Å²) in [6.45, 7) is 5.45. The summed E-state index contributed by atoms with van der Waals surface area (Å²) < 4.78 is 5.46. The van der Waals surface area contributed by atoms with Crippen LogP contribution in [0, 0.1) is 0 Å². The van der Waals surface area contributed by atoms with Crippen molar-refractivity contribution in [1.82, 2.24) is 15.5 Å². The first-order valence-electron chi connectivity index (χ1n) is 7.06. The highest BCUT2D eigenvalue weighted by molar-refractivity contribution is 7.99. The van der Waals surface area contributed by atoms with Gasteiger partial charge in [0.25, 0.3) is 0 Å². The highest BCUT2D eigenvalue weighted by Gasteiger charge is 2.32. The van der Waals surface area contributed by atoms with Crippen LogP contribution >= 0.6 is 23.5 Å². The molecule has 0 saturated carbocycles. The molecular formula is C13H23N3OS2. The van der Waals surface area contributed by atoms with Gasteiger partial charge in [-0.2, -0.15) is 28.5 Å². The van der Waals surface area contributed by atoms with Crippen LogP contribution in [0.1, 0.15) is 44.3 Å². The first kappa shape index (κ1) is 15.2. The van der Waals surface area contributed by atoms with Crippen LogP contribution in [0.15, 0.2) is 4.52 Å². The Labute approximate surface area is 123 Å². The van der Waals surface area contributed by atoms with Gasteiger partial charge in [0.05, 0.1) is 11.7 Å². The summed E-state index contributed by atoms with van der Waals surface area (Å²) in [5, 5.41) is 7.69. The molecule has 2 atom stereocenters. The zero-order chi connectivity index (χ0) is 13.5. The van der Waals surface area contributed by atoms with Gasteiger partial charge in [0, 0.05) is 17.5 Å². The van der Waals surface area contributed by atoms with Gasteiger partial charge in [0.1, 0.15) is 0 Å². The molecule has 0 aliphatic carbocycles. The van der Waals surface area contributed by atoms with E-state index in [-0.39, 0.29) is 0 Å². The predicted molar refractivity (Wildman–Crippen MR) is 82.9 cm³/mol. The van der Waals surface area contributed by atoms with Crippen molar-refractivity contribution in [3.8, 4) is 0 Å². The molecule has 1 aromatic heterocycles. The van der Waals surface area contributed by atoms with Crippen LogP contribution in [0.5, 0.6) is 0 Å². The van der Waals surface area contributed by atoms with Crippen molar-refractivity contribution in [2.75, 3.05) is 23.8 Å². The molecule has 1 N–H and O–H groups in total. The Balaban J connectivity index is 1.89. The zero-order valence-corrected chi connectivity index (χ0v) is 13.4. The fourth-order valence-electron chi connectivity index (χ4n) is 2.11. The van der Waals surface area contributed by atoms with Crippen LogP contribution in [0.3, 0.4) is 0 Å². The number of thioether (sulfide) groups is 2. The summed E-state index contributed by atoms with van der Waals surface area (Å²) in [7, 11) is 0. The van der Waals surface area contributed by atoms with Crippen molar-refractivity contribution in [2.24, 2.45) is 0 Å². The largest absolute Gasteiger partial charge is 0.339 e. The molecule has 0 aromatic carbocycles. The maximum atomic E-state index is 5.46. The first-order chi connectivity index (χ1) is 9.35. The van der Waals surface area contributed by atoms with E-state index in [0.29, 0.717) is 12.0 Å². The Bertz CT molecular complexity index is 373. The molecule has 1 aromatic rings. The van der Waals surface area contributed by atoms with Crippen molar-refractivity contribution >= 4 is 23.5 Å². The highest BCUT2D eigenvalue weighted by Crippen LogP contribution is 2.32. The second-order valence-corrected chi connectivity index (χ2v) is 6.99. The summed E-state index contributed by atoms with van der Waals surface area (Å²) in [6, 6.07) is 0.488. The molecule has 0 spiro atoms. The van der Waals surface area contributed by atoms with Gasteiger partial charge >= 0.3 is 0 Å². The van der Waals surface area contributed by atoms with Crippen molar-refractivity contribution in [3.05, 3.63) is 11.7 Å². The molecule has 1 aliphatic rings. The third kappa shape index (κ3) is 4.39. The normalized spacial score (nSPS) is 23.1. The molecule has 1 fully saturated rings. The van der Waals surface area contributed by atoms with E-state index in [1.165, 1.54) is 6.42 Å². The van der Waals surface area contributed by atoms with Crippen molar-refractivity contribution in [2.45, 2.75) is 44.4 Å². The van der Waals surface area contributed by atoms with Gasteiger partial charge < -0.3 is 9.84 Å². The molecule has 0 amide bonds. The summed E-state index contributed by atoms with van der Waals surface area (Å²) in [5.74, 6) is 6.31. The number of rotatable bonds is 8. The van der Waals surface area contributed by atoms with Gasteiger partial charge in [-0.05, 0) is 25.1 Å². The lowest BCUT2D eigenvalue weighted by molar-refractivity contribution is 0.337. The Kier molecular flexibility index (Phi) is 6.53. The standard InChI is InChI=1S/C13H23N3OS2/c1-3-5-14-11-8-19-7-10(11)13-15-12(16-17-13)9-18-6-4-2/h10-11,14H,3-9H2,1-2H3. The van der Waals surface area contributed by atoms with Gasteiger partial charge in [-0.3, -0.25) is 0 Å². The van der Waals surface area contributed by atoms with Gasteiger partial charge in [-0.15, -0.1) is 0 Å². The Morgan fingerprint density at radius 2 is 2.26 bits per heavy atom. The quantitative estimate of drug-likeness (QED) is 0.745.